The molecule has 0 N–H and O–H groups in total. The Morgan fingerprint density at radius 1 is 1.28 bits per heavy atom. The third-order valence-electron chi connectivity index (χ3n) is 4.52. The van der Waals surface area contributed by atoms with E-state index in [1.807, 2.05) is 34.0 Å². The Hall–Kier alpha value is -2.96. The van der Waals surface area contributed by atoms with Crippen LogP contribution in [0.5, 0.6) is 0 Å². The molecule has 1 amide bonds. The zero-order chi connectivity index (χ0) is 17.1. The zero-order valence-electron chi connectivity index (χ0n) is 13.8. The second-order valence-corrected chi connectivity index (χ2v) is 6.19. The Bertz CT molecular complexity index is 828. The first-order valence-electron chi connectivity index (χ1n) is 8.47. The standard InChI is InChI=1S/C18H19N5O2/c24-18(16-11-17(25-21-16)14-5-3-7-19-12-14)23-10-2-1-6-15(23)13-22-9-4-8-20-22/h3-5,7-9,11-12,15H,1-2,6,10,13H2/t15-/m0/s1. The van der Waals surface area contributed by atoms with E-state index in [1.54, 1.807) is 24.7 Å². The summed E-state index contributed by atoms with van der Waals surface area (Å²) in [7, 11) is 0. The Balaban J connectivity index is 1.53. The molecule has 0 radical (unpaired) electrons. The number of carbonyl (C=O) groups is 1. The van der Waals surface area contributed by atoms with E-state index in [1.165, 1.54) is 0 Å². The molecule has 3 aromatic heterocycles. The highest BCUT2D eigenvalue weighted by Gasteiger charge is 2.29. The number of aromatic nitrogens is 4. The van der Waals surface area contributed by atoms with E-state index in [9.17, 15) is 4.79 Å². The van der Waals surface area contributed by atoms with Crippen molar-refractivity contribution in [3.05, 3.63) is 54.7 Å². The minimum Gasteiger partial charge on any atom is -0.355 e. The molecule has 1 fully saturated rings. The number of likely N-dealkylation sites (tertiary alicyclic amines) is 1. The molecule has 7 heteroatoms. The van der Waals surface area contributed by atoms with Crippen LogP contribution in [0.3, 0.4) is 0 Å². The van der Waals surface area contributed by atoms with Crippen LogP contribution >= 0.6 is 0 Å². The van der Waals surface area contributed by atoms with Gasteiger partial charge in [-0.05, 0) is 37.5 Å². The van der Waals surface area contributed by atoms with E-state index in [0.29, 0.717) is 18.0 Å². The van der Waals surface area contributed by atoms with Gasteiger partial charge in [0.2, 0.25) is 0 Å². The maximum absolute atomic E-state index is 12.9. The lowest BCUT2D eigenvalue weighted by molar-refractivity contribution is 0.0573. The molecule has 0 bridgehead atoms. The largest absolute Gasteiger partial charge is 0.355 e. The number of rotatable bonds is 4. The fraction of sp³-hybridized carbons (Fsp3) is 0.333. The van der Waals surface area contributed by atoms with Gasteiger partial charge in [0.15, 0.2) is 11.5 Å². The van der Waals surface area contributed by atoms with Crippen molar-refractivity contribution in [1.82, 2.24) is 24.8 Å². The lowest BCUT2D eigenvalue weighted by Crippen LogP contribution is -2.46. The third kappa shape index (κ3) is 3.31. The fourth-order valence-electron chi connectivity index (χ4n) is 3.25. The van der Waals surface area contributed by atoms with Crippen molar-refractivity contribution in [2.24, 2.45) is 0 Å². The van der Waals surface area contributed by atoms with Crippen LogP contribution in [0.2, 0.25) is 0 Å². The molecule has 0 saturated carbocycles. The van der Waals surface area contributed by atoms with E-state index in [2.05, 4.69) is 15.2 Å². The van der Waals surface area contributed by atoms with Crippen LogP contribution in [0.15, 0.2) is 53.6 Å². The lowest BCUT2D eigenvalue weighted by Gasteiger charge is -2.35. The molecule has 0 spiro atoms. The van der Waals surface area contributed by atoms with E-state index in [4.69, 9.17) is 4.52 Å². The second-order valence-electron chi connectivity index (χ2n) is 6.19. The van der Waals surface area contributed by atoms with Gasteiger partial charge in [-0.3, -0.25) is 14.5 Å². The smallest absolute Gasteiger partial charge is 0.276 e. The molecule has 0 aromatic carbocycles. The number of amides is 1. The van der Waals surface area contributed by atoms with Crippen molar-refractivity contribution in [1.29, 1.82) is 0 Å². The Morgan fingerprint density at radius 3 is 3.04 bits per heavy atom. The summed E-state index contributed by atoms with van der Waals surface area (Å²) in [5, 5.41) is 8.24. The van der Waals surface area contributed by atoms with Gasteiger partial charge in [-0.25, -0.2) is 0 Å². The normalized spacial score (nSPS) is 17.6. The van der Waals surface area contributed by atoms with Gasteiger partial charge in [0, 0.05) is 43.0 Å². The molecule has 0 unspecified atom stereocenters. The Morgan fingerprint density at radius 2 is 2.24 bits per heavy atom. The number of hydrogen-bond donors (Lipinski definition) is 0. The van der Waals surface area contributed by atoms with Crippen molar-refractivity contribution >= 4 is 5.91 Å². The summed E-state index contributed by atoms with van der Waals surface area (Å²) in [6, 6.07) is 7.42. The maximum Gasteiger partial charge on any atom is 0.276 e. The summed E-state index contributed by atoms with van der Waals surface area (Å²) < 4.78 is 7.22. The van der Waals surface area contributed by atoms with Crippen LogP contribution in [0.25, 0.3) is 11.3 Å². The topological polar surface area (TPSA) is 77.0 Å². The summed E-state index contributed by atoms with van der Waals surface area (Å²) in [6.45, 7) is 1.44. The highest BCUT2D eigenvalue weighted by atomic mass is 16.5. The lowest BCUT2D eigenvalue weighted by atomic mass is 10.0. The van der Waals surface area contributed by atoms with Gasteiger partial charge >= 0.3 is 0 Å². The summed E-state index contributed by atoms with van der Waals surface area (Å²) in [5.41, 5.74) is 1.15. The van der Waals surface area contributed by atoms with E-state index in [0.717, 1.165) is 31.4 Å². The zero-order valence-corrected chi connectivity index (χ0v) is 13.8. The van der Waals surface area contributed by atoms with Crippen LogP contribution in [-0.2, 0) is 6.54 Å². The molecule has 7 nitrogen and oxygen atoms in total. The molecule has 1 saturated heterocycles. The van der Waals surface area contributed by atoms with Crippen LogP contribution in [-0.4, -0.2) is 43.3 Å². The number of hydrogen-bond acceptors (Lipinski definition) is 5. The minimum atomic E-state index is -0.0873. The van der Waals surface area contributed by atoms with Gasteiger partial charge in [-0.2, -0.15) is 5.10 Å². The van der Waals surface area contributed by atoms with Crippen LogP contribution < -0.4 is 0 Å². The van der Waals surface area contributed by atoms with Crippen molar-refractivity contribution in [3.63, 3.8) is 0 Å². The van der Waals surface area contributed by atoms with E-state index < -0.39 is 0 Å². The number of pyridine rings is 1. The SMILES string of the molecule is O=C(c1cc(-c2cccnc2)on1)N1CCCC[C@H]1Cn1cccn1. The maximum atomic E-state index is 12.9. The molecule has 1 aliphatic heterocycles. The molecule has 128 valence electrons. The summed E-state index contributed by atoms with van der Waals surface area (Å²) in [4.78, 5) is 18.9. The number of carbonyl (C=O) groups excluding carboxylic acids is 1. The molecule has 3 aromatic rings. The van der Waals surface area contributed by atoms with Crippen molar-refractivity contribution in [3.8, 4) is 11.3 Å². The van der Waals surface area contributed by atoms with E-state index >= 15 is 0 Å². The van der Waals surface area contributed by atoms with Gasteiger partial charge in [-0.1, -0.05) is 5.16 Å². The van der Waals surface area contributed by atoms with Crippen LogP contribution in [0.1, 0.15) is 29.8 Å². The van der Waals surface area contributed by atoms with Crippen molar-refractivity contribution in [2.75, 3.05) is 6.54 Å². The number of nitrogens with zero attached hydrogens (tertiary/aromatic N) is 5. The molecule has 0 aliphatic carbocycles. The molecular weight excluding hydrogens is 318 g/mol. The van der Waals surface area contributed by atoms with Gasteiger partial charge in [0.05, 0.1) is 12.6 Å². The van der Waals surface area contributed by atoms with Gasteiger partial charge in [0.1, 0.15) is 0 Å². The fourth-order valence-corrected chi connectivity index (χ4v) is 3.25. The van der Waals surface area contributed by atoms with Gasteiger partial charge in [-0.15, -0.1) is 0 Å². The van der Waals surface area contributed by atoms with Gasteiger partial charge < -0.3 is 9.42 Å². The molecular formula is C18H19N5O2. The molecule has 1 aliphatic rings. The Kier molecular flexibility index (Phi) is 4.28. The molecule has 1 atom stereocenters. The number of piperidine rings is 1. The summed E-state index contributed by atoms with van der Waals surface area (Å²) >= 11 is 0. The molecule has 25 heavy (non-hydrogen) atoms. The highest BCUT2D eigenvalue weighted by Crippen LogP contribution is 2.23. The quantitative estimate of drug-likeness (QED) is 0.731. The first-order valence-corrected chi connectivity index (χ1v) is 8.47. The van der Waals surface area contributed by atoms with Crippen LogP contribution in [0, 0.1) is 0 Å². The molecule has 4 rings (SSSR count). The monoisotopic (exact) mass is 337 g/mol. The average Bonchev–Trinajstić information content (AvgIpc) is 3.34. The minimum absolute atomic E-state index is 0.0873. The summed E-state index contributed by atoms with van der Waals surface area (Å²) in [5.74, 6) is 0.466. The van der Waals surface area contributed by atoms with Gasteiger partial charge in [0.25, 0.3) is 5.91 Å². The van der Waals surface area contributed by atoms with Crippen molar-refractivity contribution in [2.45, 2.75) is 31.8 Å². The predicted octanol–water partition coefficient (Wildman–Crippen LogP) is 2.63. The van der Waals surface area contributed by atoms with Crippen molar-refractivity contribution < 1.29 is 9.32 Å². The third-order valence-corrected chi connectivity index (χ3v) is 4.52. The Labute approximate surface area is 145 Å². The van der Waals surface area contributed by atoms with E-state index in [-0.39, 0.29) is 11.9 Å². The summed E-state index contributed by atoms with van der Waals surface area (Å²) in [6.07, 6.45) is 10.2. The highest BCUT2D eigenvalue weighted by molar-refractivity contribution is 5.93. The molecule has 4 heterocycles. The van der Waals surface area contributed by atoms with Crippen LogP contribution in [0.4, 0.5) is 0 Å². The first-order chi connectivity index (χ1) is 12.3. The second kappa shape index (κ2) is 6.88. The predicted molar refractivity (Wildman–Crippen MR) is 90.6 cm³/mol. The average molecular weight is 337 g/mol. The first kappa shape index (κ1) is 15.6.